The summed E-state index contributed by atoms with van der Waals surface area (Å²) >= 11 is 5.32. The first kappa shape index (κ1) is 15.2. The zero-order valence-electron chi connectivity index (χ0n) is 11.3. The summed E-state index contributed by atoms with van der Waals surface area (Å²) in [5.41, 5.74) is 0.643. The number of rotatable bonds is 5. The van der Waals surface area contributed by atoms with Crippen LogP contribution in [0.15, 0.2) is 22.7 Å². The van der Waals surface area contributed by atoms with Gasteiger partial charge in [0.1, 0.15) is 5.75 Å². The Bertz CT molecular complexity index is 435. The zero-order valence-corrected chi connectivity index (χ0v) is 13.7. The smallest absolute Gasteiger partial charge is 0.133 e. The van der Waals surface area contributed by atoms with Gasteiger partial charge in [0.25, 0.3) is 0 Å². The monoisotopic (exact) mass is 345 g/mol. The van der Waals surface area contributed by atoms with Crippen LogP contribution in [0.2, 0.25) is 0 Å². The van der Waals surface area contributed by atoms with Crippen LogP contribution in [-0.2, 0) is 0 Å². The van der Waals surface area contributed by atoms with E-state index in [1.807, 2.05) is 17.8 Å². The Labute approximate surface area is 127 Å². The maximum absolute atomic E-state index is 10.3. The molecule has 0 amide bonds. The van der Waals surface area contributed by atoms with Crippen molar-refractivity contribution in [3.63, 3.8) is 0 Å². The van der Waals surface area contributed by atoms with Crippen LogP contribution < -0.4 is 10.1 Å². The quantitative estimate of drug-likeness (QED) is 0.860. The highest BCUT2D eigenvalue weighted by Crippen LogP contribution is 2.30. The van der Waals surface area contributed by atoms with Crippen molar-refractivity contribution in [3.05, 3.63) is 28.2 Å². The molecule has 2 unspecified atom stereocenters. The summed E-state index contributed by atoms with van der Waals surface area (Å²) in [6.07, 6.45) is 0.879. The lowest BCUT2D eigenvalue weighted by molar-refractivity contribution is 0.0651. The van der Waals surface area contributed by atoms with Crippen molar-refractivity contribution in [2.75, 3.05) is 25.2 Å². The lowest BCUT2D eigenvalue weighted by Crippen LogP contribution is -2.41. The molecule has 0 saturated carbocycles. The molecule has 1 fully saturated rings. The van der Waals surface area contributed by atoms with Crippen molar-refractivity contribution in [1.82, 2.24) is 5.32 Å². The Morgan fingerprint density at radius 3 is 2.95 bits per heavy atom. The van der Waals surface area contributed by atoms with Crippen molar-refractivity contribution >= 4 is 27.7 Å². The van der Waals surface area contributed by atoms with Gasteiger partial charge < -0.3 is 15.2 Å². The van der Waals surface area contributed by atoms with E-state index >= 15 is 0 Å². The highest BCUT2D eigenvalue weighted by molar-refractivity contribution is 9.10. The van der Waals surface area contributed by atoms with Gasteiger partial charge in [-0.1, -0.05) is 6.07 Å². The molecule has 1 aliphatic rings. The molecule has 0 aromatic heterocycles. The van der Waals surface area contributed by atoms with E-state index < -0.39 is 5.60 Å². The summed E-state index contributed by atoms with van der Waals surface area (Å²) in [4.78, 5) is 0. The highest BCUT2D eigenvalue weighted by atomic mass is 79.9. The van der Waals surface area contributed by atoms with Crippen LogP contribution in [0, 0.1) is 0 Å². The molecule has 2 atom stereocenters. The van der Waals surface area contributed by atoms with E-state index in [4.69, 9.17) is 4.74 Å². The molecule has 1 aromatic carbocycles. The van der Waals surface area contributed by atoms with E-state index in [1.165, 1.54) is 5.56 Å². The van der Waals surface area contributed by atoms with E-state index in [-0.39, 0.29) is 6.04 Å². The average molecular weight is 346 g/mol. The molecule has 0 radical (unpaired) electrons. The molecule has 5 heteroatoms. The Hall–Kier alpha value is -0.230. The lowest BCUT2D eigenvalue weighted by Gasteiger charge is -2.25. The number of ether oxygens (including phenoxy) is 1. The van der Waals surface area contributed by atoms with Gasteiger partial charge >= 0.3 is 0 Å². The maximum atomic E-state index is 10.3. The van der Waals surface area contributed by atoms with E-state index in [0.717, 1.165) is 28.1 Å². The zero-order chi connectivity index (χ0) is 13.9. The fourth-order valence-corrected chi connectivity index (χ4v) is 4.00. The predicted molar refractivity (Wildman–Crippen MR) is 84.0 cm³/mol. The Morgan fingerprint density at radius 2 is 2.37 bits per heavy atom. The van der Waals surface area contributed by atoms with Crippen molar-refractivity contribution in [2.24, 2.45) is 0 Å². The summed E-state index contributed by atoms with van der Waals surface area (Å²) in [6.45, 7) is 2.75. The van der Waals surface area contributed by atoms with Crippen LogP contribution in [0.4, 0.5) is 0 Å². The van der Waals surface area contributed by atoms with Gasteiger partial charge in [-0.15, -0.1) is 0 Å². The fraction of sp³-hybridized carbons (Fsp3) is 0.571. The molecular weight excluding hydrogens is 326 g/mol. The van der Waals surface area contributed by atoms with Crippen LogP contribution in [0.25, 0.3) is 0 Å². The Kier molecular flexibility index (Phi) is 5.17. The van der Waals surface area contributed by atoms with Crippen LogP contribution in [0.3, 0.4) is 0 Å². The molecular formula is C14H20BrNO2S. The molecule has 1 aromatic rings. The molecule has 19 heavy (non-hydrogen) atoms. The first-order valence-electron chi connectivity index (χ1n) is 6.41. The molecule has 0 bridgehead atoms. The van der Waals surface area contributed by atoms with Gasteiger partial charge in [-0.05, 0) is 52.7 Å². The molecule has 1 heterocycles. The second kappa shape index (κ2) is 6.48. The van der Waals surface area contributed by atoms with Gasteiger partial charge in [0, 0.05) is 18.3 Å². The minimum atomic E-state index is -0.539. The molecule has 2 rings (SSSR count). The van der Waals surface area contributed by atoms with E-state index in [9.17, 15) is 5.11 Å². The summed E-state index contributed by atoms with van der Waals surface area (Å²) in [5.74, 6) is 2.72. The number of hydrogen-bond donors (Lipinski definition) is 2. The van der Waals surface area contributed by atoms with Gasteiger partial charge in [0.05, 0.1) is 17.2 Å². The second-order valence-corrected chi connectivity index (χ2v) is 6.98. The Balaban J connectivity index is 1.95. The van der Waals surface area contributed by atoms with Crippen LogP contribution in [-0.4, -0.2) is 35.9 Å². The van der Waals surface area contributed by atoms with E-state index in [2.05, 4.69) is 40.3 Å². The third-order valence-electron chi connectivity index (χ3n) is 3.50. The van der Waals surface area contributed by atoms with Crippen molar-refractivity contribution in [2.45, 2.75) is 25.0 Å². The van der Waals surface area contributed by atoms with Gasteiger partial charge in [0.2, 0.25) is 0 Å². The van der Waals surface area contributed by atoms with Crippen LogP contribution in [0.5, 0.6) is 5.75 Å². The van der Waals surface area contributed by atoms with Crippen molar-refractivity contribution in [1.29, 1.82) is 0 Å². The first-order valence-corrected chi connectivity index (χ1v) is 8.36. The molecule has 106 valence electrons. The predicted octanol–water partition coefficient (Wildman–Crippen LogP) is 2.98. The van der Waals surface area contributed by atoms with Crippen LogP contribution >= 0.6 is 27.7 Å². The SMILES string of the molecule is COc1ccc(C(C)NCC2(O)CCSC2)cc1Br. The van der Waals surface area contributed by atoms with Crippen molar-refractivity contribution < 1.29 is 9.84 Å². The lowest BCUT2D eigenvalue weighted by atomic mass is 10.0. The first-order chi connectivity index (χ1) is 9.04. The van der Waals surface area contributed by atoms with E-state index in [1.54, 1.807) is 7.11 Å². The molecule has 2 N–H and O–H groups in total. The van der Waals surface area contributed by atoms with Gasteiger partial charge in [-0.2, -0.15) is 11.8 Å². The van der Waals surface area contributed by atoms with E-state index in [0.29, 0.717) is 6.54 Å². The molecule has 0 spiro atoms. The number of methoxy groups -OCH3 is 1. The van der Waals surface area contributed by atoms with Crippen molar-refractivity contribution in [3.8, 4) is 5.75 Å². The maximum Gasteiger partial charge on any atom is 0.133 e. The summed E-state index contributed by atoms with van der Waals surface area (Å²) in [6, 6.07) is 6.27. The molecule has 0 aliphatic carbocycles. The minimum Gasteiger partial charge on any atom is -0.496 e. The number of nitrogens with one attached hydrogen (secondary N) is 1. The normalized spacial score (nSPS) is 24.4. The third kappa shape index (κ3) is 3.88. The average Bonchev–Trinajstić information content (AvgIpc) is 2.83. The van der Waals surface area contributed by atoms with Crippen LogP contribution in [0.1, 0.15) is 24.9 Å². The fourth-order valence-electron chi connectivity index (χ4n) is 2.15. The van der Waals surface area contributed by atoms with Gasteiger partial charge in [-0.25, -0.2) is 0 Å². The number of halogens is 1. The standard InChI is InChI=1S/C14H20BrNO2S/c1-10(16-8-14(17)5-6-19-9-14)11-3-4-13(18-2)12(15)7-11/h3-4,7,10,16-17H,5-6,8-9H2,1-2H3. The van der Waals surface area contributed by atoms with Gasteiger partial charge in [-0.3, -0.25) is 0 Å². The number of benzene rings is 1. The number of thioether (sulfide) groups is 1. The summed E-state index contributed by atoms with van der Waals surface area (Å²) in [7, 11) is 1.66. The highest BCUT2D eigenvalue weighted by Gasteiger charge is 2.31. The Morgan fingerprint density at radius 1 is 1.58 bits per heavy atom. The molecule has 3 nitrogen and oxygen atoms in total. The topological polar surface area (TPSA) is 41.5 Å². The molecule has 1 aliphatic heterocycles. The molecule has 1 saturated heterocycles. The second-order valence-electron chi connectivity index (χ2n) is 5.02. The summed E-state index contributed by atoms with van der Waals surface area (Å²) in [5, 5.41) is 13.7. The van der Waals surface area contributed by atoms with Gasteiger partial charge in [0.15, 0.2) is 0 Å². The number of hydrogen-bond acceptors (Lipinski definition) is 4. The summed E-state index contributed by atoms with van der Waals surface area (Å²) < 4.78 is 6.18. The number of aliphatic hydroxyl groups is 1. The largest absolute Gasteiger partial charge is 0.496 e. The third-order valence-corrected chi connectivity index (χ3v) is 5.35. The minimum absolute atomic E-state index is 0.205.